The van der Waals surface area contributed by atoms with E-state index in [4.69, 9.17) is 6.42 Å². The lowest BCUT2D eigenvalue weighted by atomic mass is 9.96. The van der Waals surface area contributed by atoms with Crippen LogP contribution < -0.4 is 0 Å². The van der Waals surface area contributed by atoms with Crippen LogP contribution in [0.15, 0.2) is 35.4 Å². The van der Waals surface area contributed by atoms with Crippen molar-refractivity contribution in [1.29, 1.82) is 0 Å². The Balaban J connectivity index is 2.39. The predicted molar refractivity (Wildman–Crippen MR) is 110 cm³/mol. The van der Waals surface area contributed by atoms with Crippen LogP contribution in [-0.4, -0.2) is 55.7 Å². The Morgan fingerprint density at radius 2 is 1.86 bits per heavy atom. The third-order valence-corrected chi connectivity index (χ3v) is 5.31. The monoisotopic (exact) mass is 390 g/mol. The average Bonchev–Trinajstić information content (AvgIpc) is 2.64. The van der Waals surface area contributed by atoms with Crippen LogP contribution in [0.4, 0.5) is 13.2 Å². The van der Waals surface area contributed by atoms with Gasteiger partial charge in [-0.3, -0.25) is 4.90 Å². The third-order valence-electron chi connectivity index (χ3n) is 5.31. The molecule has 1 aromatic carbocycles. The molecule has 0 spiro atoms. The molecule has 1 aliphatic heterocycles. The highest BCUT2D eigenvalue weighted by Gasteiger charge is 2.34. The van der Waals surface area contributed by atoms with Gasteiger partial charge in [0, 0.05) is 38.3 Å². The van der Waals surface area contributed by atoms with E-state index in [9.17, 15) is 13.2 Å². The Bertz CT molecular complexity index is 789. The number of halogens is 3. The molecular formula is C23H29F3N2. The lowest BCUT2D eigenvalue weighted by Crippen LogP contribution is -2.45. The standard InChI is InChI=1S/C23H29F3N2/c1-6-19-14-21(9-8-17(19)3)20(7-2)15-22(23(24,25)26)18(4)16-28-12-10-27(5)11-13-28/h2,8-9,14-15H,6,10-13,16H2,1,3-5H3/b20-15+,22-18-. The van der Waals surface area contributed by atoms with Crippen LogP contribution in [0.5, 0.6) is 0 Å². The number of terminal acetylenes is 1. The predicted octanol–water partition coefficient (Wildman–Crippen LogP) is 4.70. The van der Waals surface area contributed by atoms with Crippen LogP contribution in [0.1, 0.15) is 30.5 Å². The van der Waals surface area contributed by atoms with Crippen molar-refractivity contribution < 1.29 is 13.2 Å². The summed E-state index contributed by atoms with van der Waals surface area (Å²) in [5.41, 5.74) is 2.77. The van der Waals surface area contributed by atoms with Crippen molar-refractivity contribution >= 4 is 5.57 Å². The first kappa shape index (κ1) is 22.3. The number of allylic oxidation sites excluding steroid dienone is 3. The molecule has 0 aromatic heterocycles. The minimum atomic E-state index is -4.45. The Morgan fingerprint density at radius 1 is 1.21 bits per heavy atom. The summed E-state index contributed by atoms with van der Waals surface area (Å²) in [7, 11) is 2.02. The number of aryl methyl sites for hydroxylation is 2. The lowest BCUT2D eigenvalue weighted by molar-refractivity contribution is -0.0892. The number of likely N-dealkylation sites (N-methyl/N-ethyl adjacent to an activating group) is 1. The first-order valence-corrected chi connectivity index (χ1v) is 9.61. The summed E-state index contributed by atoms with van der Waals surface area (Å²) in [5.74, 6) is 2.46. The fourth-order valence-corrected chi connectivity index (χ4v) is 3.45. The van der Waals surface area contributed by atoms with Crippen molar-refractivity contribution in [2.75, 3.05) is 39.8 Å². The SMILES string of the molecule is C#C/C(=C\C(=C(/C)CN1CCN(C)CC1)C(F)(F)F)c1ccc(C)c(CC)c1. The number of benzene rings is 1. The highest BCUT2D eigenvalue weighted by molar-refractivity contribution is 5.81. The Kier molecular flexibility index (Phi) is 7.51. The van der Waals surface area contributed by atoms with Crippen molar-refractivity contribution in [3.8, 4) is 12.3 Å². The van der Waals surface area contributed by atoms with Crippen LogP contribution in [0.2, 0.25) is 0 Å². The van der Waals surface area contributed by atoms with Crippen molar-refractivity contribution in [3.63, 3.8) is 0 Å². The summed E-state index contributed by atoms with van der Waals surface area (Å²) in [6.45, 7) is 9.12. The van der Waals surface area contributed by atoms with Gasteiger partial charge in [0.15, 0.2) is 0 Å². The van der Waals surface area contributed by atoms with Gasteiger partial charge in [0.1, 0.15) is 0 Å². The lowest BCUT2D eigenvalue weighted by Gasteiger charge is -2.33. The number of nitrogens with zero attached hydrogens (tertiary/aromatic N) is 2. The number of rotatable bonds is 5. The Morgan fingerprint density at radius 3 is 2.39 bits per heavy atom. The first-order chi connectivity index (χ1) is 13.2. The highest BCUT2D eigenvalue weighted by atomic mass is 19.4. The van der Waals surface area contributed by atoms with E-state index in [1.54, 1.807) is 13.0 Å². The second-order valence-electron chi connectivity index (χ2n) is 7.47. The van der Waals surface area contributed by atoms with Gasteiger partial charge in [0.05, 0.1) is 5.57 Å². The summed E-state index contributed by atoms with van der Waals surface area (Å²) in [6, 6.07) is 5.60. The molecule has 0 N–H and O–H groups in total. The van der Waals surface area contributed by atoms with Crippen molar-refractivity contribution in [2.45, 2.75) is 33.4 Å². The van der Waals surface area contributed by atoms with Crippen LogP contribution in [0.25, 0.3) is 5.57 Å². The van der Waals surface area contributed by atoms with E-state index in [1.807, 2.05) is 33.0 Å². The summed E-state index contributed by atoms with van der Waals surface area (Å²) < 4.78 is 41.4. The average molecular weight is 390 g/mol. The summed E-state index contributed by atoms with van der Waals surface area (Å²) >= 11 is 0. The molecule has 0 aliphatic carbocycles. The summed E-state index contributed by atoms with van der Waals surface area (Å²) in [4.78, 5) is 4.24. The maximum atomic E-state index is 13.8. The van der Waals surface area contributed by atoms with Crippen molar-refractivity contribution in [2.24, 2.45) is 0 Å². The molecule has 2 nitrogen and oxygen atoms in total. The first-order valence-electron chi connectivity index (χ1n) is 9.61. The van der Waals surface area contributed by atoms with E-state index >= 15 is 0 Å². The Hall–Kier alpha value is -2.03. The highest BCUT2D eigenvalue weighted by Crippen LogP contribution is 2.32. The van der Waals surface area contributed by atoms with E-state index in [0.717, 1.165) is 49.8 Å². The van der Waals surface area contributed by atoms with Gasteiger partial charge >= 0.3 is 6.18 Å². The minimum absolute atomic E-state index is 0.264. The molecule has 28 heavy (non-hydrogen) atoms. The molecule has 0 unspecified atom stereocenters. The topological polar surface area (TPSA) is 6.48 Å². The Labute approximate surface area is 166 Å². The number of hydrogen-bond acceptors (Lipinski definition) is 2. The molecular weight excluding hydrogens is 361 g/mol. The summed E-state index contributed by atoms with van der Waals surface area (Å²) in [5, 5.41) is 0. The third kappa shape index (κ3) is 5.73. The van der Waals surface area contributed by atoms with Gasteiger partial charge in [0.2, 0.25) is 0 Å². The summed E-state index contributed by atoms with van der Waals surface area (Å²) in [6.07, 6.45) is 3.10. The van der Waals surface area contributed by atoms with E-state index < -0.39 is 11.7 Å². The molecule has 0 radical (unpaired) electrons. The van der Waals surface area contributed by atoms with Gasteiger partial charge in [-0.1, -0.05) is 31.0 Å². The van der Waals surface area contributed by atoms with Gasteiger partial charge in [-0.05, 0) is 55.7 Å². The minimum Gasteiger partial charge on any atom is -0.304 e. The van der Waals surface area contributed by atoms with Crippen molar-refractivity contribution in [3.05, 3.63) is 52.1 Å². The number of alkyl halides is 3. The van der Waals surface area contributed by atoms with Gasteiger partial charge in [-0.15, -0.1) is 6.42 Å². The van der Waals surface area contributed by atoms with Crippen LogP contribution in [0, 0.1) is 19.3 Å². The molecule has 1 fully saturated rings. The maximum Gasteiger partial charge on any atom is 0.416 e. The second-order valence-corrected chi connectivity index (χ2v) is 7.47. The van der Waals surface area contributed by atoms with E-state index in [2.05, 4.69) is 15.7 Å². The fraction of sp³-hybridized carbons (Fsp3) is 0.478. The zero-order valence-electron chi connectivity index (χ0n) is 17.2. The van der Waals surface area contributed by atoms with Gasteiger partial charge in [-0.2, -0.15) is 13.2 Å². The molecule has 0 amide bonds. The van der Waals surface area contributed by atoms with Crippen LogP contribution in [0.3, 0.4) is 0 Å². The normalized spacial score (nSPS) is 18.0. The van der Waals surface area contributed by atoms with E-state index in [-0.39, 0.29) is 5.57 Å². The molecule has 1 aliphatic rings. The zero-order chi connectivity index (χ0) is 20.9. The quantitative estimate of drug-likeness (QED) is 0.531. The molecule has 1 saturated heterocycles. The number of hydrogen-bond donors (Lipinski definition) is 0. The maximum absolute atomic E-state index is 13.8. The van der Waals surface area contributed by atoms with Crippen LogP contribution >= 0.6 is 0 Å². The largest absolute Gasteiger partial charge is 0.416 e. The molecule has 0 bridgehead atoms. The second kappa shape index (κ2) is 9.45. The number of piperazine rings is 1. The van der Waals surface area contributed by atoms with Crippen LogP contribution in [-0.2, 0) is 6.42 Å². The van der Waals surface area contributed by atoms with Gasteiger partial charge < -0.3 is 4.90 Å². The van der Waals surface area contributed by atoms with Gasteiger partial charge in [-0.25, -0.2) is 0 Å². The van der Waals surface area contributed by atoms with Gasteiger partial charge in [0.25, 0.3) is 0 Å². The molecule has 152 valence electrons. The fourth-order valence-electron chi connectivity index (χ4n) is 3.45. The molecule has 5 heteroatoms. The molecule has 1 aromatic rings. The van der Waals surface area contributed by atoms with E-state index in [0.29, 0.717) is 17.7 Å². The zero-order valence-corrected chi connectivity index (χ0v) is 17.2. The van der Waals surface area contributed by atoms with Crippen molar-refractivity contribution in [1.82, 2.24) is 9.80 Å². The van der Waals surface area contributed by atoms with E-state index in [1.165, 1.54) is 0 Å². The molecule has 2 rings (SSSR count). The molecule has 0 saturated carbocycles. The smallest absolute Gasteiger partial charge is 0.304 e. The molecule has 1 heterocycles. The molecule has 0 atom stereocenters.